The van der Waals surface area contributed by atoms with E-state index < -0.39 is 5.54 Å². The first kappa shape index (κ1) is 22.7. The smallest absolute Gasteiger partial charge is 0.251 e. The van der Waals surface area contributed by atoms with Crippen molar-refractivity contribution in [2.45, 2.75) is 44.6 Å². The monoisotopic (exact) mass is 444 g/mol. The quantitative estimate of drug-likeness (QED) is 0.462. The highest BCUT2D eigenvalue weighted by molar-refractivity contribution is 5.97. The fourth-order valence-electron chi connectivity index (χ4n) is 4.10. The van der Waals surface area contributed by atoms with Crippen LogP contribution in [0.3, 0.4) is 0 Å². The molecule has 1 aliphatic carbocycles. The topological polar surface area (TPSA) is 99.3 Å². The maximum atomic E-state index is 13.1. The first-order chi connectivity index (χ1) is 15.8. The number of rotatable bonds is 8. The van der Waals surface area contributed by atoms with Crippen LogP contribution in [0.4, 0.5) is 0 Å². The van der Waals surface area contributed by atoms with Gasteiger partial charge in [0, 0.05) is 35.2 Å². The number of benzene rings is 2. The van der Waals surface area contributed by atoms with Gasteiger partial charge in [-0.05, 0) is 61.6 Å². The molecule has 4 rings (SSSR count). The second-order valence-corrected chi connectivity index (χ2v) is 8.95. The number of nitrogens with one attached hydrogen (secondary N) is 2. The third kappa shape index (κ3) is 4.96. The molecule has 1 aliphatic rings. The lowest BCUT2D eigenvalue weighted by Gasteiger charge is -2.20. The molecule has 1 fully saturated rings. The average Bonchev–Trinajstić information content (AvgIpc) is 3.59. The standard InChI is InChI=1S/C27H28N2O4/c1-17-5-3-4-6-22(17)23(14-24(31)21-13-18(2)25(32)28-15-21)19-7-9-20(10-8-19)26(33)29-27(16-30)11-12-27/h3-10,13,15,23,30H,11-12,14,16H2,1-2H3,(H,28,32)(H,29,33). The van der Waals surface area contributed by atoms with Crippen LogP contribution < -0.4 is 10.9 Å². The molecule has 1 saturated carbocycles. The molecule has 2 aromatic carbocycles. The van der Waals surface area contributed by atoms with Gasteiger partial charge < -0.3 is 15.4 Å². The predicted octanol–water partition coefficient (Wildman–Crippen LogP) is 3.65. The SMILES string of the molecule is Cc1ccccc1C(CC(=O)c1c[nH]c(=O)c(C)c1)c1ccc(C(=O)NC2(CO)CC2)cc1. The number of pyridine rings is 1. The van der Waals surface area contributed by atoms with Crippen molar-refractivity contribution >= 4 is 11.7 Å². The summed E-state index contributed by atoms with van der Waals surface area (Å²) < 4.78 is 0. The minimum Gasteiger partial charge on any atom is -0.394 e. The van der Waals surface area contributed by atoms with Crippen molar-refractivity contribution < 1.29 is 14.7 Å². The molecule has 0 aliphatic heterocycles. The summed E-state index contributed by atoms with van der Waals surface area (Å²) in [6.45, 7) is 3.64. The molecule has 1 aromatic heterocycles. The van der Waals surface area contributed by atoms with Gasteiger partial charge in [0.25, 0.3) is 11.5 Å². The molecule has 0 saturated heterocycles. The summed E-state index contributed by atoms with van der Waals surface area (Å²) in [6, 6.07) is 16.9. The van der Waals surface area contributed by atoms with Gasteiger partial charge in [-0.3, -0.25) is 14.4 Å². The van der Waals surface area contributed by atoms with E-state index in [0.29, 0.717) is 16.7 Å². The van der Waals surface area contributed by atoms with Gasteiger partial charge in [-0.25, -0.2) is 0 Å². The average molecular weight is 445 g/mol. The Morgan fingerprint density at radius 2 is 1.73 bits per heavy atom. The second-order valence-electron chi connectivity index (χ2n) is 8.95. The zero-order chi connectivity index (χ0) is 23.6. The number of carbonyl (C=O) groups excluding carboxylic acids is 2. The third-order valence-electron chi connectivity index (χ3n) is 6.47. The van der Waals surface area contributed by atoms with Crippen LogP contribution in [0.25, 0.3) is 0 Å². The molecular weight excluding hydrogens is 416 g/mol. The number of aromatic amines is 1. The molecule has 33 heavy (non-hydrogen) atoms. The largest absolute Gasteiger partial charge is 0.394 e. The van der Waals surface area contributed by atoms with Crippen LogP contribution in [0, 0.1) is 13.8 Å². The predicted molar refractivity (Wildman–Crippen MR) is 127 cm³/mol. The number of aromatic nitrogens is 1. The number of aliphatic hydroxyl groups excluding tert-OH is 1. The van der Waals surface area contributed by atoms with Crippen molar-refractivity contribution in [3.05, 3.63) is 105 Å². The zero-order valence-electron chi connectivity index (χ0n) is 18.9. The van der Waals surface area contributed by atoms with Gasteiger partial charge in [-0.1, -0.05) is 36.4 Å². The molecule has 6 nitrogen and oxygen atoms in total. The van der Waals surface area contributed by atoms with Crippen molar-refractivity contribution in [1.82, 2.24) is 10.3 Å². The number of hydrogen-bond acceptors (Lipinski definition) is 4. The molecule has 0 spiro atoms. The highest BCUT2D eigenvalue weighted by Gasteiger charge is 2.43. The molecule has 3 aromatic rings. The first-order valence-electron chi connectivity index (χ1n) is 11.1. The maximum absolute atomic E-state index is 13.1. The van der Waals surface area contributed by atoms with Gasteiger partial charge in [0.15, 0.2) is 5.78 Å². The number of ketones is 1. The van der Waals surface area contributed by atoms with Gasteiger partial charge in [0.2, 0.25) is 0 Å². The minimum absolute atomic E-state index is 0.0570. The number of H-pyrrole nitrogens is 1. The number of hydrogen-bond donors (Lipinski definition) is 3. The second kappa shape index (κ2) is 9.16. The normalized spacial score (nSPS) is 15.0. The van der Waals surface area contributed by atoms with Crippen LogP contribution in [-0.4, -0.2) is 33.9 Å². The highest BCUT2D eigenvalue weighted by atomic mass is 16.3. The molecular formula is C27H28N2O4. The summed E-state index contributed by atoms with van der Waals surface area (Å²) in [5, 5.41) is 12.4. The maximum Gasteiger partial charge on any atom is 0.251 e. The Labute approximate surface area is 192 Å². The molecule has 6 heteroatoms. The van der Waals surface area contributed by atoms with Gasteiger partial charge in [-0.2, -0.15) is 0 Å². The fraction of sp³-hybridized carbons (Fsp3) is 0.296. The van der Waals surface area contributed by atoms with Crippen LogP contribution in [0.1, 0.15) is 68.2 Å². The van der Waals surface area contributed by atoms with Gasteiger partial charge in [-0.15, -0.1) is 0 Å². The molecule has 0 bridgehead atoms. The molecule has 1 atom stereocenters. The summed E-state index contributed by atoms with van der Waals surface area (Å²) in [5.74, 6) is -0.473. The molecule has 3 N–H and O–H groups in total. The molecule has 1 amide bonds. The Morgan fingerprint density at radius 3 is 2.33 bits per heavy atom. The number of aliphatic hydroxyl groups is 1. The summed E-state index contributed by atoms with van der Waals surface area (Å²) in [7, 11) is 0. The van der Waals surface area contributed by atoms with Gasteiger partial charge in [0.05, 0.1) is 12.1 Å². The number of carbonyl (C=O) groups is 2. The van der Waals surface area contributed by atoms with Crippen molar-refractivity contribution in [3.8, 4) is 0 Å². The van der Waals surface area contributed by atoms with E-state index in [1.54, 1.807) is 25.1 Å². The Hall–Kier alpha value is -3.51. The van der Waals surface area contributed by atoms with E-state index >= 15 is 0 Å². The lowest BCUT2D eigenvalue weighted by atomic mass is 9.83. The first-order valence-corrected chi connectivity index (χ1v) is 11.1. The lowest BCUT2D eigenvalue weighted by molar-refractivity contribution is 0.0905. The van der Waals surface area contributed by atoms with Crippen molar-refractivity contribution in [1.29, 1.82) is 0 Å². The van der Waals surface area contributed by atoms with Crippen molar-refractivity contribution in [3.63, 3.8) is 0 Å². The van der Waals surface area contributed by atoms with Gasteiger partial charge in [0.1, 0.15) is 0 Å². The van der Waals surface area contributed by atoms with E-state index in [0.717, 1.165) is 29.5 Å². The minimum atomic E-state index is -0.472. The fourth-order valence-corrected chi connectivity index (χ4v) is 4.10. The molecule has 1 unspecified atom stereocenters. The number of Topliss-reactive ketones (excluding diaryl/α,β-unsaturated/α-hetero) is 1. The molecule has 1 heterocycles. The van der Waals surface area contributed by atoms with E-state index in [2.05, 4.69) is 10.3 Å². The summed E-state index contributed by atoms with van der Waals surface area (Å²) in [5.41, 5.74) is 3.86. The van der Waals surface area contributed by atoms with Gasteiger partial charge >= 0.3 is 0 Å². The Morgan fingerprint density at radius 1 is 1.03 bits per heavy atom. The Bertz CT molecular complexity index is 1240. The van der Waals surface area contributed by atoms with Crippen molar-refractivity contribution in [2.24, 2.45) is 0 Å². The molecule has 170 valence electrons. The zero-order valence-corrected chi connectivity index (χ0v) is 18.9. The van der Waals surface area contributed by atoms with E-state index in [9.17, 15) is 19.5 Å². The van der Waals surface area contributed by atoms with E-state index in [1.165, 1.54) is 6.20 Å². The number of amides is 1. The van der Waals surface area contributed by atoms with E-state index in [-0.39, 0.29) is 36.2 Å². The Kier molecular flexibility index (Phi) is 6.29. The van der Waals surface area contributed by atoms with E-state index in [4.69, 9.17) is 0 Å². The summed E-state index contributed by atoms with van der Waals surface area (Å²) in [6.07, 6.45) is 3.27. The third-order valence-corrected chi connectivity index (χ3v) is 6.47. The van der Waals surface area contributed by atoms with Crippen molar-refractivity contribution in [2.75, 3.05) is 6.61 Å². The lowest BCUT2D eigenvalue weighted by Crippen LogP contribution is -2.39. The highest BCUT2D eigenvalue weighted by Crippen LogP contribution is 2.35. The van der Waals surface area contributed by atoms with Crippen LogP contribution in [0.2, 0.25) is 0 Å². The van der Waals surface area contributed by atoms with E-state index in [1.807, 2.05) is 43.3 Å². The molecule has 0 radical (unpaired) electrons. The summed E-state index contributed by atoms with van der Waals surface area (Å²) in [4.78, 5) is 40.0. The summed E-state index contributed by atoms with van der Waals surface area (Å²) >= 11 is 0. The number of aryl methyl sites for hydroxylation is 2. The Balaban J connectivity index is 1.62. The van der Waals surface area contributed by atoms with Crippen LogP contribution in [0.5, 0.6) is 0 Å². The van der Waals surface area contributed by atoms with Crippen LogP contribution >= 0.6 is 0 Å². The van der Waals surface area contributed by atoms with Crippen LogP contribution in [-0.2, 0) is 0 Å². The van der Waals surface area contributed by atoms with Crippen LogP contribution in [0.15, 0.2) is 65.6 Å².